The van der Waals surface area contributed by atoms with Gasteiger partial charge in [0.2, 0.25) is 0 Å². The van der Waals surface area contributed by atoms with Crippen molar-refractivity contribution in [2.24, 2.45) is 0 Å². The van der Waals surface area contributed by atoms with Crippen LogP contribution in [0.25, 0.3) is 0 Å². The maximum Gasteiger partial charge on any atom is 0.152 e. The molecule has 0 amide bonds. The zero-order valence-electron chi connectivity index (χ0n) is 6.29. The van der Waals surface area contributed by atoms with Crippen LogP contribution < -0.4 is 0 Å². The van der Waals surface area contributed by atoms with Gasteiger partial charge in [0.15, 0.2) is 6.29 Å². The van der Waals surface area contributed by atoms with E-state index in [1.165, 1.54) is 6.08 Å². The highest BCUT2D eigenvalue weighted by Gasteiger charge is 1.90. The lowest BCUT2D eigenvalue weighted by Crippen LogP contribution is -2.01. The smallest absolute Gasteiger partial charge is 0.152 e. The van der Waals surface area contributed by atoms with E-state index in [2.05, 4.69) is 6.92 Å². The van der Waals surface area contributed by atoms with Crippen LogP contribution in [0, 0.1) is 0 Å². The minimum Gasteiger partial charge on any atom is -0.382 e. The highest BCUT2D eigenvalue weighted by atomic mass is 16.3. The monoisotopic (exact) mass is 142 g/mol. The highest BCUT2D eigenvalue weighted by molar-refractivity contribution is 5.58. The quantitative estimate of drug-likeness (QED) is 0.357. The number of aldehydes is 1. The third-order valence-corrected chi connectivity index (χ3v) is 1.20. The Morgan fingerprint density at radius 3 is 2.80 bits per heavy atom. The molecule has 58 valence electrons. The molecule has 0 saturated heterocycles. The normalized spacial score (nSPS) is 13.8. The van der Waals surface area contributed by atoms with E-state index in [1.807, 2.05) is 6.08 Å². The van der Waals surface area contributed by atoms with Crippen molar-refractivity contribution in [3.63, 3.8) is 0 Å². The van der Waals surface area contributed by atoms with Gasteiger partial charge in [0.25, 0.3) is 0 Å². The van der Waals surface area contributed by atoms with Crippen LogP contribution in [-0.2, 0) is 4.79 Å². The SMILES string of the molecule is CCCCC=CC(O)C=O. The van der Waals surface area contributed by atoms with Crippen molar-refractivity contribution in [1.29, 1.82) is 0 Å². The van der Waals surface area contributed by atoms with Crippen molar-refractivity contribution in [1.82, 2.24) is 0 Å². The van der Waals surface area contributed by atoms with Crippen LogP contribution in [0.4, 0.5) is 0 Å². The number of hydrogen-bond donors (Lipinski definition) is 1. The molecule has 0 aromatic carbocycles. The second kappa shape index (κ2) is 6.49. The van der Waals surface area contributed by atoms with Crippen molar-refractivity contribution in [2.75, 3.05) is 0 Å². The van der Waals surface area contributed by atoms with Crippen molar-refractivity contribution in [2.45, 2.75) is 32.3 Å². The number of aliphatic hydroxyl groups is 1. The first-order valence-electron chi connectivity index (χ1n) is 3.61. The molecule has 0 heterocycles. The molecule has 0 aromatic heterocycles. The Balaban J connectivity index is 3.26. The summed E-state index contributed by atoms with van der Waals surface area (Å²) in [5.74, 6) is 0. The van der Waals surface area contributed by atoms with Gasteiger partial charge >= 0.3 is 0 Å². The average molecular weight is 142 g/mol. The predicted octanol–water partition coefficient (Wildman–Crippen LogP) is 1.29. The molecule has 0 fully saturated rings. The summed E-state index contributed by atoms with van der Waals surface area (Å²) in [6.07, 6.45) is 6.16. The Morgan fingerprint density at radius 2 is 2.30 bits per heavy atom. The lowest BCUT2D eigenvalue weighted by Gasteiger charge is -1.91. The van der Waals surface area contributed by atoms with Crippen molar-refractivity contribution >= 4 is 6.29 Å². The number of unbranched alkanes of at least 4 members (excludes halogenated alkanes) is 2. The topological polar surface area (TPSA) is 37.3 Å². The molecule has 1 unspecified atom stereocenters. The molecule has 0 aliphatic heterocycles. The zero-order valence-corrected chi connectivity index (χ0v) is 6.29. The zero-order chi connectivity index (χ0) is 7.82. The van der Waals surface area contributed by atoms with Gasteiger partial charge in [-0.15, -0.1) is 0 Å². The first kappa shape index (κ1) is 9.37. The minimum absolute atomic E-state index is 0.516. The van der Waals surface area contributed by atoms with E-state index in [4.69, 9.17) is 5.11 Å². The maximum atomic E-state index is 9.87. The lowest BCUT2D eigenvalue weighted by molar-refractivity contribution is -0.112. The van der Waals surface area contributed by atoms with Gasteiger partial charge in [-0.1, -0.05) is 31.9 Å². The molecule has 1 atom stereocenters. The maximum absolute atomic E-state index is 9.87. The number of carbonyl (C=O) groups is 1. The van der Waals surface area contributed by atoms with E-state index in [-0.39, 0.29) is 0 Å². The van der Waals surface area contributed by atoms with E-state index >= 15 is 0 Å². The molecule has 10 heavy (non-hydrogen) atoms. The fraction of sp³-hybridized carbons (Fsp3) is 0.625. The van der Waals surface area contributed by atoms with E-state index < -0.39 is 6.10 Å². The average Bonchev–Trinajstić information content (AvgIpc) is 1.98. The number of aliphatic hydroxyl groups excluding tert-OH is 1. The summed E-state index contributed by atoms with van der Waals surface area (Å²) >= 11 is 0. The van der Waals surface area contributed by atoms with Crippen LogP contribution in [0.15, 0.2) is 12.2 Å². The van der Waals surface area contributed by atoms with Gasteiger partial charge in [0.05, 0.1) is 0 Å². The van der Waals surface area contributed by atoms with Gasteiger partial charge in [-0.2, -0.15) is 0 Å². The largest absolute Gasteiger partial charge is 0.382 e. The summed E-state index contributed by atoms with van der Waals surface area (Å²) in [5.41, 5.74) is 0. The van der Waals surface area contributed by atoms with Gasteiger partial charge in [-0.3, -0.25) is 0 Å². The van der Waals surface area contributed by atoms with E-state index in [9.17, 15) is 4.79 Å². The van der Waals surface area contributed by atoms with E-state index in [0.717, 1.165) is 19.3 Å². The molecule has 0 saturated carbocycles. The van der Waals surface area contributed by atoms with Gasteiger partial charge in [-0.25, -0.2) is 0 Å². The van der Waals surface area contributed by atoms with Crippen molar-refractivity contribution in [3.8, 4) is 0 Å². The van der Waals surface area contributed by atoms with Crippen LogP contribution in [0.5, 0.6) is 0 Å². The third-order valence-electron chi connectivity index (χ3n) is 1.20. The summed E-state index contributed by atoms with van der Waals surface area (Å²) in [4.78, 5) is 9.87. The standard InChI is InChI=1S/C8H14O2/c1-2-3-4-5-6-8(10)7-9/h5-8,10H,2-4H2,1H3. The van der Waals surface area contributed by atoms with E-state index in [1.54, 1.807) is 0 Å². The highest BCUT2D eigenvalue weighted by Crippen LogP contribution is 1.95. The van der Waals surface area contributed by atoms with Crippen LogP contribution in [-0.4, -0.2) is 17.5 Å². The summed E-state index contributed by atoms with van der Waals surface area (Å²) < 4.78 is 0. The Labute approximate surface area is 61.6 Å². The molecule has 0 aliphatic rings. The van der Waals surface area contributed by atoms with E-state index in [0.29, 0.717) is 6.29 Å². The van der Waals surface area contributed by atoms with Crippen LogP contribution in [0.2, 0.25) is 0 Å². The molecule has 0 spiro atoms. The van der Waals surface area contributed by atoms with Crippen LogP contribution in [0.1, 0.15) is 26.2 Å². The first-order chi connectivity index (χ1) is 4.81. The number of carbonyl (C=O) groups excluding carboxylic acids is 1. The Bertz CT molecular complexity index is 108. The summed E-state index contributed by atoms with van der Waals surface area (Å²) in [7, 11) is 0. The first-order valence-corrected chi connectivity index (χ1v) is 3.61. The summed E-state index contributed by atoms with van der Waals surface area (Å²) in [5, 5.41) is 8.70. The van der Waals surface area contributed by atoms with Gasteiger partial charge in [0, 0.05) is 0 Å². The molecule has 2 nitrogen and oxygen atoms in total. The molecular weight excluding hydrogens is 128 g/mol. The van der Waals surface area contributed by atoms with Crippen molar-refractivity contribution < 1.29 is 9.90 Å². The molecular formula is C8H14O2. The van der Waals surface area contributed by atoms with Gasteiger partial charge in [-0.05, 0) is 6.42 Å². The number of hydrogen-bond acceptors (Lipinski definition) is 2. The predicted molar refractivity (Wildman–Crippen MR) is 40.7 cm³/mol. The molecule has 2 heteroatoms. The lowest BCUT2D eigenvalue weighted by atomic mass is 10.2. The molecule has 0 bridgehead atoms. The Hall–Kier alpha value is -0.630. The van der Waals surface area contributed by atoms with Gasteiger partial charge < -0.3 is 9.90 Å². The summed E-state index contributed by atoms with van der Waals surface area (Å²) in [6.45, 7) is 2.10. The third kappa shape index (κ3) is 5.51. The fourth-order valence-electron chi connectivity index (χ4n) is 0.603. The number of allylic oxidation sites excluding steroid dienone is 1. The molecule has 0 aromatic rings. The van der Waals surface area contributed by atoms with Gasteiger partial charge in [0.1, 0.15) is 6.10 Å². The number of rotatable bonds is 5. The fourth-order valence-corrected chi connectivity index (χ4v) is 0.603. The van der Waals surface area contributed by atoms with Crippen LogP contribution in [0.3, 0.4) is 0 Å². The second-order valence-corrected chi connectivity index (χ2v) is 2.20. The summed E-state index contributed by atoms with van der Waals surface area (Å²) in [6, 6.07) is 0. The molecule has 1 N–H and O–H groups in total. The van der Waals surface area contributed by atoms with Crippen molar-refractivity contribution in [3.05, 3.63) is 12.2 Å². The minimum atomic E-state index is -0.906. The molecule has 0 rings (SSSR count). The Kier molecular flexibility index (Phi) is 6.08. The van der Waals surface area contributed by atoms with Crippen LogP contribution >= 0.6 is 0 Å². The molecule has 0 aliphatic carbocycles. The second-order valence-electron chi connectivity index (χ2n) is 2.20. The Morgan fingerprint density at radius 1 is 1.60 bits per heavy atom. The molecule has 0 radical (unpaired) electrons.